The Labute approximate surface area is 182 Å². The van der Waals surface area contributed by atoms with E-state index in [4.69, 9.17) is 0 Å². The lowest BCUT2D eigenvalue weighted by Crippen LogP contribution is -2.72. The van der Waals surface area contributed by atoms with Gasteiger partial charge < -0.3 is 10.2 Å². The number of guanidine groups is 1. The van der Waals surface area contributed by atoms with E-state index in [-0.39, 0.29) is 29.5 Å². The van der Waals surface area contributed by atoms with Gasteiger partial charge in [0.1, 0.15) is 0 Å². The van der Waals surface area contributed by atoms with Gasteiger partial charge in [-0.3, -0.25) is 9.89 Å². The summed E-state index contributed by atoms with van der Waals surface area (Å²) in [6.45, 7) is 16.0. The number of hydrogen-bond donors (Lipinski definition) is 1. The molecule has 1 aromatic rings. The van der Waals surface area contributed by atoms with Crippen LogP contribution in [0.25, 0.3) is 0 Å². The van der Waals surface area contributed by atoms with Crippen LogP contribution in [0.3, 0.4) is 0 Å². The molecule has 2 heterocycles. The number of nitrogens with zero attached hydrogens (tertiary/aromatic N) is 3. The summed E-state index contributed by atoms with van der Waals surface area (Å²) in [5.74, 6) is 1.74. The second-order valence-corrected chi connectivity index (χ2v) is 9.32. The Bertz CT molecular complexity index is 641. The maximum Gasteiger partial charge on any atom is 0.194 e. The van der Waals surface area contributed by atoms with Crippen LogP contribution < -0.4 is 5.32 Å². The first kappa shape index (κ1) is 22.5. The fraction of sp³-hybridized carbons (Fsp3) is 0.682. The molecule has 0 saturated carbocycles. The molecule has 27 heavy (non-hydrogen) atoms. The van der Waals surface area contributed by atoms with Crippen molar-refractivity contribution in [2.75, 3.05) is 26.7 Å². The van der Waals surface area contributed by atoms with Crippen molar-refractivity contribution >= 4 is 29.9 Å². The minimum Gasteiger partial charge on any atom is -0.356 e. The SMILES string of the molecule is CN=C(NCC1CC(C)N(Cc2ccccc2)C1)N1CC(C)(C)C1(C)C.I. The van der Waals surface area contributed by atoms with Crippen LogP contribution in [0.5, 0.6) is 0 Å². The van der Waals surface area contributed by atoms with Crippen LogP contribution in [0.15, 0.2) is 35.3 Å². The van der Waals surface area contributed by atoms with E-state index in [1.165, 1.54) is 12.0 Å². The molecular formula is C22H37IN4. The number of halogens is 1. The maximum atomic E-state index is 4.56. The van der Waals surface area contributed by atoms with Gasteiger partial charge in [-0.05, 0) is 38.7 Å². The smallest absolute Gasteiger partial charge is 0.194 e. The van der Waals surface area contributed by atoms with E-state index in [0.29, 0.717) is 17.4 Å². The zero-order valence-corrected chi connectivity index (χ0v) is 20.2. The molecule has 1 aromatic carbocycles. The highest BCUT2D eigenvalue weighted by atomic mass is 127. The minimum atomic E-state index is 0. The van der Waals surface area contributed by atoms with Gasteiger partial charge in [0.05, 0.1) is 0 Å². The molecule has 4 nitrogen and oxygen atoms in total. The van der Waals surface area contributed by atoms with Gasteiger partial charge in [-0.15, -0.1) is 24.0 Å². The molecule has 0 spiro atoms. The third kappa shape index (κ3) is 4.61. The predicted molar refractivity (Wildman–Crippen MR) is 126 cm³/mol. The van der Waals surface area contributed by atoms with Gasteiger partial charge in [-0.25, -0.2) is 0 Å². The number of aliphatic imine (C=N–C) groups is 1. The zero-order chi connectivity index (χ0) is 18.9. The third-order valence-corrected chi connectivity index (χ3v) is 6.92. The summed E-state index contributed by atoms with van der Waals surface area (Å²) in [4.78, 5) is 9.59. The molecule has 0 aromatic heterocycles. The number of likely N-dealkylation sites (tertiary alicyclic amines) is 2. The van der Waals surface area contributed by atoms with Gasteiger partial charge in [0, 0.05) is 50.2 Å². The number of hydrogen-bond acceptors (Lipinski definition) is 2. The maximum absolute atomic E-state index is 4.56. The lowest BCUT2D eigenvalue weighted by atomic mass is 9.65. The fourth-order valence-corrected chi connectivity index (χ4v) is 4.33. The summed E-state index contributed by atoms with van der Waals surface area (Å²) >= 11 is 0. The van der Waals surface area contributed by atoms with Crippen LogP contribution in [0.4, 0.5) is 0 Å². The van der Waals surface area contributed by atoms with Crippen LogP contribution in [-0.4, -0.2) is 54.0 Å². The number of benzene rings is 1. The van der Waals surface area contributed by atoms with Gasteiger partial charge in [0.15, 0.2) is 5.96 Å². The van der Waals surface area contributed by atoms with Crippen LogP contribution in [0.1, 0.15) is 46.6 Å². The van der Waals surface area contributed by atoms with E-state index in [1.54, 1.807) is 0 Å². The van der Waals surface area contributed by atoms with Crippen molar-refractivity contribution in [3.8, 4) is 0 Å². The Balaban J connectivity index is 0.00000261. The molecule has 2 aliphatic rings. The van der Waals surface area contributed by atoms with E-state index >= 15 is 0 Å². The summed E-state index contributed by atoms with van der Waals surface area (Å²) in [6.07, 6.45) is 1.26. The lowest BCUT2D eigenvalue weighted by molar-refractivity contribution is -0.0668. The van der Waals surface area contributed by atoms with Crippen molar-refractivity contribution in [1.29, 1.82) is 0 Å². The summed E-state index contributed by atoms with van der Waals surface area (Å²) in [6, 6.07) is 11.5. The van der Waals surface area contributed by atoms with Crippen LogP contribution in [0, 0.1) is 11.3 Å². The molecule has 2 fully saturated rings. The first-order valence-corrected chi connectivity index (χ1v) is 10.0. The topological polar surface area (TPSA) is 30.9 Å². The van der Waals surface area contributed by atoms with Crippen molar-refractivity contribution < 1.29 is 0 Å². The summed E-state index contributed by atoms with van der Waals surface area (Å²) in [5.41, 5.74) is 1.89. The first-order chi connectivity index (χ1) is 12.2. The second kappa shape index (κ2) is 8.68. The molecule has 0 amide bonds. The van der Waals surface area contributed by atoms with E-state index in [2.05, 4.69) is 85.1 Å². The summed E-state index contributed by atoms with van der Waals surface area (Å²) < 4.78 is 0. The van der Waals surface area contributed by atoms with Gasteiger partial charge in [0.25, 0.3) is 0 Å². The third-order valence-electron chi connectivity index (χ3n) is 6.92. The number of nitrogens with one attached hydrogen (secondary N) is 1. The molecule has 0 bridgehead atoms. The Morgan fingerprint density at radius 1 is 1.19 bits per heavy atom. The predicted octanol–water partition coefficient (Wildman–Crippen LogP) is 4.21. The largest absolute Gasteiger partial charge is 0.356 e. The monoisotopic (exact) mass is 484 g/mol. The van der Waals surface area contributed by atoms with E-state index in [1.807, 2.05) is 7.05 Å². The standard InChI is InChI=1S/C22H36N4.HI/c1-17-12-19(15-25(17)14-18-10-8-7-9-11-18)13-24-20(23-6)26-16-21(2,3)22(26,4)5;/h7-11,17,19H,12-16H2,1-6H3,(H,23,24);1H. The average Bonchev–Trinajstić information content (AvgIpc) is 2.95. The normalized spacial score (nSPS) is 27.0. The molecule has 2 aliphatic heterocycles. The Morgan fingerprint density at radius 3 is 2.41 bits per heavy atom. The molecule has 2 atom stereocenters. The second-order valence-electron chi connectivity index (χ2n) is 9.32. The van der Waals surface area contributed by atoms with E-state index in [9.17, 15) is 0 Å². The van der Waals surface area contributed by atoms with Crippen LogP contribution in [-0.2, 0) is 6.54 Å². The Kier molecular flexibility index (Phi) is 7.22. The molecular weight excluding hydrogens is 447 g/mol. The highest BCUT2D eigenvalue weighted by molar-refractivity contribution is 14.0. The first-order valence-electron chi connectivity index (χ1n) is 10.0. The summed E-state index contributed by atoms with van der Waals surface area (Å²) in [5, 5.41) is 3.66. The van der Waals surface area contributed by atoms with Gasteiger partial charge in [-0.2, -0.15) is 0 Å². The van der Waals surface area contributed by atoms with Crippen molar-refractivity contribution in [3.05, 3.63) is 35.9 Å². The average molecular weight is 484 g/mol. The fourth-order valence-electron chi connectivity index (χ4n) is 4.33. The van der Waals surface area contributed by atoms with E-state index in [0.717, 1.165) is 32.1 Å². The molecule has 5 heteroatoms. The molecule has 152 valence electrons. The van der Waals surface area contributed by atoms with Crippen molar-refractivity contribution in [3.63, 3.8) is 0 Å². The van der Waals surface area contributed by atoms with Crippen molar-refractivity contribution in [2.24, 2.45) is 16.3 Å². The zero-order valence-electron chi connectivity index (χ0n) is 17.8. The minimum absolute atomic E-state index is 0. The highest BCUT2D eigenvalue weighted by Gasteiger charge is 2.53. The lowest BCUT2D eigenvalue weighted by Gasteiger charge is -2.62. The molecule has 3 rings (SSSR count). The number of rotatable bonds is 4. The van der Waals surface area contributed by atoms with Crippen LogP contribution in [0.2, 0.25) is 0 Å². The quantitative estimate of drug-likeness (QED) is 0.395. The van der Waals surface area contributed by atoms with Gasteiger partial charge in [0.2, 0.25) is 0 Å². The Morgan fingerprint density at radius 2 is 1.85 bits per heavy atom. The molecule has 1 N–H and O–H groups in total. The van der Waals surface area contributed by atoms with Gasteiger partial charge >= 0.3 is 0 Å². The van der Waals surface area contributed by atoms with Crippen molar-refractivity contribution in [2.45, 2.75) is 59.2 Å². The molecule has 0 radical (unpaired) electrons. The van der Waals surface area contributed by atoms with Crippen LogP contribution >= 0.6 is 24.0 Å². The molecule has 2 unspecified atom stereocenters. The van der Waals surface area contributed by atoms with Crippen molar-refractivity contribution in [1.82, 2.24) is 15.1 Å². The van der Waals surface area contributed by atoms with E-state index < -0.39 is 0 Å². The highest BCUT2D eigenvalue weighted by Crippen LogP contribution is 2.46. The molecule has 2 saturated heterocycles. The van der Waals surface area contributed by atoms with Gasteiger partial charge in [-0.1, -0.05) is 44.2 Å². The summed E-state index contributed by atoms with van der Waals surface area (Å²) in [7, 11) is 1.91. The molecule has 0 aliphatic carbocycles. The Hall–Kier alpha value is -0.820.